The van der Waals surface area contributed by atoms with Crippen molar-refractivity contribution < 1.29 is 0 Å². The van der Waals surface area contributed by atoms with E-state index in [0.29, 0.717) is 0 Å². The Morgan fingerprint density at radius 3 is 2.68 bits per heavy atom. The molecule has 1 saturated heterocycles. The lowest BCUT2D eigenvalue weighted by Crippen LogP contribution is -2.32. The van der Waals surface area contributed by atoms with Crippen LogP contribution in [0.25, 0.3) is 0 Å². The number of rotatable bonds is 3. The van der Waals surface area contributed by atoms with Gasteiger partial charge in [0.05, 0.1) is 0 Å². The minimum Gasteiger partial charge on any atom is -0.330 e. The molecule has 1 unspecified atom stereocenters. The average molecular weight is 340 g/mol. The summed E-state index contributed by atoms with van der Waals surface area (Å²) in [6.45, 7) is 0.790. The molecule has 104 valence electrons. The molecule has 1 aromatic rings. The third kappa shape index (κ3) is 2.62. The summed E-state index contributed by atoms with van der Waals surface area (Å²) in [4.78, 5) is 0. The van der Waals surface area contributed by atoms with E-state index in [-0.39, 0.29) is 5.41 Å². The molecule has 3 heteroatoms. The van der Waals surface area contributed by atoms with E-state index >= 15 is 0 Å². The number of hydrogen-bond acceptors (Lipinski definition) is 2. The van der Waals surface area contributed by atoms with Crippen molar-refractivity contribution in [2.45, 2.75) is 43.4 Å². The number of nitrogens with two attached hydrogens (primary N) is 1. The molecule has 2 N–H and O–H groups in total. The average Bonchev–Trinajstić information content (AvgIpc) is 3.11. The van der Waals surface area contributed by atoms with Crippen molar-refractivity contribution in [2.75, 3.05) is 18.1 Å². The monoisotopic (exact) mass is 339 g/mol. The Labute approximate surface area is 128 Å². The van der Waals surface area contributed by atoms with Gasteiger partial charge in [0.1, 0.15) is 0 Å². The van der Waals surface area contributed by atoms with E-state index in [2.05, 4.69) is 45.9 Å². The number of halogens is 1. The molecule has 1 aromatic carbocycles. The summed E-state index contributed by atoms with van der Waals surface area (Å²) in [6, 6.07) is 7.06. The fourth-order valence-electron chi connectivity index (χ4n) is 3.63. The van der Waals surface area contributed by atoms with Gasteiger partial charge in [-0.25, -0.2) is 0 Å². The van der Waals surface area contributed by atoms with Crippen molar-refractivity contribution in [2.24, 2.45) is 5.73 Å². The Morgan fingerprint density at radius 2 is 2.11 bits per heavy atom. The van der Waals surface area contributed by atoms with Crippen LogP contribution in [-0.2, 0) is 5.41 Å². The van der Waals surface area contributed by atoms with Crippen LogP contribution in [0.2, 0.25) is 0 Å². The van der Waals surface area contributed by atoms with Crippen LogP contribution in [0.3, 0.4) is 0 Å². The van der Waals surface area contributed by atoms with Crippen LogP contribution in [-0.4, -0.2) is 18.1 Å². The fourth-order valence-corrected chi connectivity index (χ4v) is 5.58. The van der Waals surface area contributed by atoms with E-state index < -0.39 is 0 Å². The first-order chi connectivity index (χ1) is 9.25. The molecule has 0 amide bonds. The highest BCUT2D eigenvalue weighted by atomic mass is 79.9. The molecular weight excluding hydrogens is 318 g/mol. The lowest BCUT2D eigenvalue weighted by atomic mass is 9.78. The summed E-state index contributed by atoms with van der Waals surface area (Å²) in [7, 11) is 0. The van der Waals surface area contributed by atoms with Gasteiger partial charge in [-0.3, -0.25) is 0 Å². The molecule has 2 fully saturated rings. The minimum absolute atomic E-state index is 0.255. The summed E-state index contributed by atoms with van der Waals surface area (Å²) in [5.41, 5.74) is 9.30. The van der Waals surface area contributed by atoms with Crippen molar-refractivity contribution >= 4 is 27.7 Å². The lowest BCUT2D eigenvalue weighted by Gasteiger charge is -2.29. The van der Waals surface area contributed by atoms with Crippen LogP contribution >= 0.6 is 27.7 Å². The van der Waals surface area contributed by atoms with Gasteiger partial charge in [0.25, 0.3) is 0 Å². The van der Waals surface area contributed by atoms with Gasteiger partial charge >= 0.3 is 0 Å². The Balaban J connectivity index is 1.90. The van der Waals surface area contributed by atoms with Gasteiger partial charge in [0.15, 0.2) is 0 Å². The SMILES string of the molecule is NCC1(c2ccc(C3CCSC3)c(Br)c2)CCCC1. The number of benzene rings is 1. The Bertz CT molecular complexity index is 448. The summed E-state index contributed by atoms with van der Waals surface area (Å²) in [5.74, 6) is 3.33. The maximum Gasteiger partial charge on any atom is 0.0213 e. The molecule has 0 radical (unpaired) electrons. The molecule has 1 nitrogen and oxygen atoms in total. The number of thioether (sulfide) groups is 1. The van der Waals surface area contributed by atoms with E-state index in [1.165, 1.54) is 59.2 Å². The Kier molecular flexibility index (Phi) is 4.25. The van der Waals surface area contributed by atoms with Gasteiger partial charge in [0.2, 0.25) is 0 Å². The van der Waals surface area contributed by atoms with Crippen molar-refractivity contribution in [3.63, 3.8) is 0 Å². The second kappa shape index (κ2) is 5.79. The second-order valence-electron chi connectivity index (χ2n) is 5.99. The predicted octanol–water partition coefficient (Wildman–Crippen LogP) is 4.44. The minimum atomic E-state index is 0.255. The van der Waals surface area contributed by atoms with Crippen LogP contribution in [0.4, 0.5) is 0 Å². The largest absolute Gasteiger partial charge is 0.330 e. The summed E-state index contributed by atoms with van der Waals surface area (Å²) in [6.07, 6.45) is 6.50. The van der Waals surface area contributed by atoms with E-state index in [1.54, 1.807) is 0 Å². The predicted molar refractivity (Wildman–Crippen MR) is 88.0 cm³/mol. The first kappa shape index (κ1) is 14.0. The highest BCUT2D eigenvalue weighted by Gasteiger charge is 2.34. The molecule has 0 bridgehead atoms. The maximum atomic E-state index is 6.09. The molecular formula is C16H22BrNS. The Morgan fingerprint density at radius 1 is 1.32 bits per heavy atom. The zero-order valence-corrected chi connectivity index (χ0v) is 13.7. The molecule has 19 heavy (non-hydrogen) atoms. The third-order valence-electron chi connectivity index (χ3n) is 4.93. The highest BCUT2D eigenvalue weighted by Crippen LogP contribution is 2.43. The normalized spacial score (nSPS) is 25.9. The molecule has 1 aliphatic carbocycles. The standard InChI is InChI=1S/C16H22BrNS/c17-15-9-13(16(11-18)6-1-2-7-16)3-4-14(15)12-5-8-19-10-12/h3-4,9,12H,1-2,5-8,10-11,18H2. The van der Waals surface area contributed by atoms with Crippen molar-refractivity contribution in [1.82, 2.24) is 0 Å². The van der Waals surface area contributed by atoms with Crippen molar-refractivity contribution in [3.05, 3.63) is 33.8 Å². The van der Waals surface area contributed by atoms with Crippen molar-refractivity contribution in [1.29, 1.82) is 0 Å². The lowest BCUT2D eigenvalue weighted by molar-refractivity contribution is 0.452. The molecule has 3 rings (SSSR count). The van der Waals surface area contributed by atoms with Gasteiger partial charge in [-0.1, -0.05) is 40.9 Å². The first-order valence-corrected chi connectivity index (χ1v) is 9.28. The quantitative estimate of drug-likeness (QED) is 0.880. The van der Waals surface area contributed by atoms with Crippen LogP contribution in [0.1, 0.15) is 49.1 Å². The molecule has 1 saturated carbocycles. The van der Waals surface area contributed by atoms with Gasteiger partial charge in [-0.05, 0) is 48.1 Å². The van der Waals surface area contributed by atoms with Crippen LogP contribution < -0.4 is 5.73 Å². The fraction of sp³-hybridized carbons (Fsp3) is 0.625. The van der Waals surface area contributed by atoms with Gasteiger partial charge in [-0.15, -0.1) is 0 Å². The smallest absolute Gasteiger partial charge is 0.0213 e. The zero-order chi connectivity index (χ0) is 13.3. The van der Waals surface area contributed by atoms with Gasteiger partial charge in [0, 0.05) is 22.2 Å². The number of hydrogen-bond donors (Lipinski definition) is 1. The zero-order valence-electron chi connectivity index (χ0n) is 11.3. The van der Waals surface area contributed by atoms with Crippen LogP contribution in [0.15, 0.2) is 22.7 Å². The molecule has 1 heterocycles. The maximum absolute atomic E-state index is 6.09. The van der Waals surface area contributed by atoms with Crippen LogP contribution in [0, 0.1) is 0 Å². The topological polar surface area (TPSA) is 26.0 Å². The molecule has 1 aliphatic heterocycles. The summed E-state index contributed by atoms with van der Waals surface area (Å²) < 4.78 is 1.30. The van der Waals surface area contributed by atoms with Gasteiger partial charge in [-0.2, -0.15) is 11.8 Å². The molecule has 1 atom stereocenters. The third-order valence-corrected chi connectivity index (χ3v) is 6.78. The van der Waals surface area contributed by atoms with Crippen molar-refractivity contribution in [3.8, 4) is 0 Å². The van der Waals surface area contributed by atoms with Gasteiger partial charge < -0.3 is 5.73 Å². The molecule has 0 aromatic heterocycles. The van der Waals surface area contributed by atoms with E-state index in [9.17, 15) is 0 Å². The van der Waals surface area contributed by atoms with E-state index in [0.717, 1.165) is 12.5 Å². The second-order valence-corrected chi connectivity index (χ2v) is 7.99. The first-order valence-electron chi connectivity index (χ1n) is 7.33. The summed E-state index contributed by atoms with van der Waals surface area (Å²) >= 11 is 5.89. The Hall–Kier alpha value is 0.01000. The van der Waals surface area contributed by atoms with Crippen LogP contribution in [0.5, 0.6) is 0 Å². The molecule has 0 spiro atoms. The molecule has 2 aliphatic rings. The van der Waals surface area contributed by atoms with E-state index in [1.807, 2.05) is 0 Å². The highest BCUT2D eigenvalue weighted by molar-refractivity contribution is 9.10. The summed E-state index contributed by atoms with van der Waals surface area (Å²) in [5, 5.41) is 0. The van der Waals surface area contributed by atoms with E-state index in [4.69, 9.17) is 5.73 Å².